The molecule has 8 nitrogen and oxygen atoms in total. The van der Waals surface area contributed by atoms with Gasteiger partial charge in [-0.15, -0.1) is 0 Å². The zero-order valence-corrected chi connectivity index (χ0v) is 16.0. The van der Waals surface area contributed by atoms with Crippen LogP contribution in [0.1, 0.15) is 24.7 Å². The van der Waals surface area contributed by atoms with Crippen molar-refractivity contribution >= 4 is 46.9 Å². The second-order valence-corrected chi connectivity index (χ2v) is 7.10. The van der Waals surface area contributed by atoms with Gasteiger partial charge in [0.1, 0.15) is 11.3 Å². The summed E-state index contributed by atoms with van der Waals surface area (Å²) in [4.78, 5) is 38.1. The van der Waals surface area contributed by atoms with Crippen LogP contribution in [0.3, 0.4) is 0 Å². The van der Waals surface area contributed by atoms with E-state index in [0.29, 0.717) is 16.3 Å². The first-order valence-electron chi connectivity index (χ1n) is 8.03. The SMILES string of the molecule is Cc1cc(NC(=O)CCN2C(=O)NC(C)(c3ccc(Cl)cc3Cl)C2=O)no1. The van der Waals surface area contributed by atoms with Gasteiger partial charge in [0.05, 0.1) is 0 Å². The van der Waals surface area contributed by atoms with Crippen LogP contribution in [0.4, 0.5) is 10.6 Å². The van der Waals surface area contributed by atoms with Crippen molar-refractivity contribution in [3.63, 3.8) is 0 Å². The number of halogens is 2. The number of carbonyl (C=O) groups excluding carboxylic acids is 3. The highest BCUT2D eigenvalue weighted by molar-refractivity contribution is 6.35. The molecule has 1 aromatic heterocycles. The quantitative estimate of drug-likeness (QED) is 0.736. The molecule has 10 heteroatoms. The van der Waals surface area contributed by atoms with E-state index >= 15 is 0 Å². The fraction of sp³-hybridized carbons (Fsp3) is 0.294. The third kappa shape index (κ3) is 3.77. The molecule has 0 saturated carbocycles. The molecule has 1 atom stereocenters. The van der Waals surface area contributed by atoms with Crippen LogP contribution in [0.2, 0.25) is 10.0 Å². The molecule has 1 aliphatic heterocycles. The zero-order chi connectivity index (χ0) is 19.8. The van der Waals surface area contributed by atoms with Crippen LogP contribution < -0.4 is 10.6 Å². The summed E-state index contributed by atoms with van der Waals surface area (Å²) in [5.41, 5.74) is -0.907. The van der Waals surface area contributed by atoms with Crippen molar-refractivity contribution in [2.45, 2.75) is 25.8 Å². The number of urea groups is 1. The van der Waals surface area contributed by atoms with E-state index in [2.05, 4.69) is 15.8 Å². The van der Waals surface area contributed by atoms with Gasteiger partial charge in [0.25, 0.3) is 5.91 Å². The first-order valence-corrected chi connectivity index (χ1v) is 8.79. The molecule has 1 saturated heterocycles. The number of carbonyl (C=O) groups is 3. The Hall–Kier alpha value is -2.58. The van der Waals surface area contributed by atoms with Crippen LogP contribution in [0, 0.1) is 6.92 Å². The fourth-order valence-corrected chi connectivity index (χ4v) is 3.42. The van der Waals surface area contributed by atoms with E-state index in [1.807, 2.05) is 0 Å². The molecule has 0 aliphatic carbocycles. The van der Waals surface area contributed by atoms with E-state index in [9.17, 15) is 14.4 Å². The molecule has 0 radical (unpaired) electrons. The molecule has 2 heterocycles. The van der Waals surface area contributed by atoms with Gasteiger partial charge in [-0.25, -0.2) is 4.79 Å². The van der Waals surface area contributed by atoms with Gasteiger partial charge in [0.2, 0.25) is 5.91 Å². The van der Waals surface area contributed by atoms with E-state index in [0.717, 1.165) is 4.90 Å². The number of nitrogens with one attached hydrogen (secondary N) is 2. The molecule has 1 aromatic carbocycles. The normalized spacial score (nSPS) is 19.3. The highest BCUT2D eigenvalue weighted by Gasteiger charge is 2.49. The highest BCUT2D eigenvalue weighted by Crippen LogP contribution is 2.35. The first kappa shape index (κ1) is 19.2. The summed E-state index contributed by atoms with van der Waals surface area (Å²) in [6, 6.07) is 5.64. The molecule has 1 fully saturated rings. The van der Waals surface area contributed by atoms with Crippen molar-refractivity contribution in [1.29, 1.82) is 0 Å². The number of anilines is 1. The lowest BCUT2D eigenvalue weighted by Gasteiger charge is -2.23. The topological polar surface area (TPSA) is 105 Å². The fourth-order valence-electron chi connectivity index (χ4n) is 2.82. The Morgan fingerprint density at radius 2 is 2.07 bits per heavy atom. The van der Waals surface area contributed by atoms with Crippen molar-refractivity contribution in [2.75, 3.05) is 11.9 Å². The Bertz CT molecular complexity index is 929. The van der Waals surface area contributed by atoms with E-state index in [1.54, 1.807) is 32.0 Å². The van der Waals surface area contributed by atoms with Crippen LogP contribution in [-0.4, -0.2) is 34.4 Å². The standard InChI is InChI=1S/C17H16Cl2N4O4/c1-9-7-13(22-27-9)20-14(24)5-6-23-15(25)17(2,21-16(23)26)11-4-3-10(18)8-12(11)19/h3-4,7-8H,5-6H2,1-2H3,(H,21,26)(H,20,22,24). The molecule has 0 spiro atoms. The maximum Gasteiger partial charge on any atom is 0.325 e. The van der Waals surface area contributed by atoms with Gasteiger partial charge in [-0.05, 0) is 26.0 Å². The number of aryl methyl sites for hydroxylation is 1. The number of hydrogen-bond donors (Lipinski definition) is 2. The lowest BCUT2D eigenvalue weighted by atomic mass is 9.92. The van der Waals surface area contributed by atoms with Crippen LogP contribution in [0.15, 0.2) is 28.8 Å². The summed E-state index contributed by atoms with van der Waals surface area (Å²) in [6.45, 7) is 3.16. The van der Waals surface area contributed by atoms with Gasteiger partial charge in [-0.2, -0.15) is 0 Å². The predicted molar refractivity (Wildman–Crippen MR) is 98.5 cm³/mol. The van der Waals surface area contributed by atoms with Crippen molar-refractivity contribution in [1.82, 2.24) is 15.4 Å². The Balaban J connectivity index is 1.69. The first-order chi connectivity index (χ1) is 12.7. The minimum Gasteiger partial charge on any atom is -0.360 e. The number of hydrogen-bond acceptors (Lipinski definition) is 5. The molecule has 27 heavy (non-hydrogen) atoms. The summed E-state index contributed by atoms with van der Waals surface area (Å²) >= 11 is 12.1. The van der Waals surface area contributed by atoms with E-state index in [-0.39, 0.29) is 23.8 Å². The number of amides is 4. The van der Waals surface area contributed by atoms with Crippen LogP contribution in [-0.2, 0) is 15.1 Å². The number of imide groups is 1. The smallest absolute Gasteiger partial charge is 0.325 e. The Labute approximate surface area is 164 Å². The molecular formula is C17H16Cl2N4O4. The molecule has 0 bridgehead atoms. The third-order valence-corrected chi connectivity index (χ3v) is 4.75. The predicted octanol–water partition coefficient (Wildman–Crippen LogP) is 3.09. The summed E-state index contributed by atoms with van der Waals surface area (Å²) in [6.07, 6.45) is -0.0878. The number of benzene rings is 1. The monoisotopic (exact) mass is 410 g/mol. The van der Waals surface area contributed by atoms with Crippen molar-refractivity contribution < 1.29 is 18.9 Å². The molecule has 4 amide bonds. The van der Waals surface area contributed by atoms with Crippen molar-refractivity contribution in [3.8, 4) is 0 Å². The minimum atomic E-state index is -1.33. The Morgan fingerprint density at radius 3 is 2.70 bits per heavy atom. The molecule has 1 unspecified atom stereocenters. The van der Waals surface area contributed by atoms with Gasteiger partial charge in [0, 0.05) is 34.6 Å². The Kier molecular flexibility index (Phi) is 5.12. The summed E-state index contributed by atoms with van der Waals surface area (Å²) in [5.74, 6) is -0.0775. The summed E-state index contributed by atoms with van der Waals surface area (Å²) in [7, 11) is 0. The molecule has 1 aliphatic rings. The van der Waals surface area contributed by atoms with Gasteiger partial charge >= 0.3 is 6.03 Å². The minimum absolute atomic E-state index is 0.0878. The molecule has 3 rings (SSSR count). The largest absolute Gasteiger partial charge is 0.360 e. The van der Waals surface area contributed by atoms with E-state index < -0.39 is 23.4 Å². The average Bonchev–Trinajstić information content (AvgIpc) is 3.07. The third-order valence-electron chi connectivity index (χ3n) is 4.20. The van der Waals surface area contributed by atoms with E-state index in [1.165, 1.54) is 6.07 Å². The molecule has 2 aromatic rings. The van der Waals surface area contributed by atoms with Crippen LogP contribution in [0.5, 0.6) is 0 Å². The second-order valence-electron chi connectivity index (χ2n) is 6.26. The average molecular weight is 411 g/mol. The van der Waals surface area contributed by atoms with Crippen LogP contribution >= 0.6 is 23.2 Å². The van der Waals surface area contributed by atoms with Crippen molar-refractivity contribution in [3.05, 3.63) is 45.6 Å². The number of rotatable bonds is 5. The highest BCUT2D eigenvalue weighted by atomic mass is 35.5. The Morgan fingerprint density at radius 1 is 1.33 bits per heavy atom. The van der Waals surface area contributed by atoms with Gasteiger partial charge in [-0.3, -0.25) is 14.5 Å². The van der Waals surface area contributed by atoms with Gasteiger partial charge in [-0.1, -0.05) is 34.4 Å². The number of aromatic nitrogens is 1. The van der Waals surface area contributed by atoms with Crippen LogP contribution in [0.25, 0.3) is 0 Å². The lowest BCUT2D eigenvalue weighted by Crippen LogP contribution is -2.41. The second kappa shape index (κ2) is 7.21. The maximum atomic E-state index is 12.8. The van der Waals surface area contributed by atoms with Crippen molar-refractivity contribution in [2.24, 2.45) is 0 Å². The number of nitrogens with zero attached hydrogens (tertiary/aromatic N) is 2. The lowest BCUT2D eigenvalue weighted by molar-refractivity contribution is -0.131. The molecule has 2 N–H and O–H groups in total. The molecular weight excluding hydrogens is 395 g/mol. The summed E-state index contributed by atoms with van der Waals surface area (Å²) in [5, 5.41) is 9.50. The maximum absolute atomic E-state index is 12.8. The van der Waals surface area contributed by atoms with Gasteiger partial charge < -0.3 is 15.2 Å². The molecule has 142 valence electrons. The zero-order valence-electron chi connectivity index (χ0n) is 14.5. The van der Waals surface area contributed by atoms with Gasteiger partial charge in [0.15, 0.2) is 5.82 Å². The summed E-state index contributed by atoms with van der Waals surface area (Å²) < 4.78 is 4.86. The van der Waals surface area contributed by atoms with E-state index in [4.69, 9.17) is 27.7 Å².